The third-order valence-electron chi connectivity index (χ3n) is 12.7. The molecule has 0 saturated heterocycles. The maximum absolute atomic E-state index is 2.49. The van der Waals surface area contributed by atoms with Gasteiger partial charge < -0.3 is 4.90 Å². The molecule has 1 heterocycles. The van der Waals surface area contributed by atoms with Crippen molar-refractivity contribution in [1.82, 2.24) is 0 Å². The van der Waals surface area contributed by atoms with Gasteiger partial charge in [-0.1, -0.05) is 182 Å². The minimum Gasteiger partial charge on any atom is -0.310 e. The van der Waals surface area contributed by atoms with Crippen molar-refractivity contribution in [2.45, 2.75) is 5.41 Å². The Kier molecular flexibility index (Phi) is 8.33. The molecule has 0 bridgehead atoms. The summed E-state index contributed by atoms with van der Waals surface area (Å²) in [5, 5.41) is 5.08. The molecule has 286 valence electrons. The zero-order chi connectivity index (χ0) is 40.3. The Morgan fingerprint density at radius 2 is 0.951 bits per heavy atom. The van der Waals surface area contributed by atoms with E-state index < -0.39 is 5.41 Å². The van der Waals surface area contributed by atoms with Gasteiger partial charge in [-0.15, -0.1) is 11.3 Å². The largest absolute Gasteiger partial charge is 0.310 e. The number of para-hydroxylation sites is 1. The topological polar surface area (TPSA) is 3.24 Å². The zero-order valence-electron chi connectivity index (χ0n) is 33.4. The number of fused-ring (bicyclic) bond motifs is 7. The molecule has 1 aliphatic rings. The first-order chi connectivity index (χ1) is 30.2. The first kappa shape index (κ1) is 35.4. The molecule has 0 unspecified atom stereocenters. The first-order valence-electron chi connectivity index (χ1n) is 21.0. The molecule has 1 nitrogen and oxygen atoms in total. The smallest absolute Gasteiger partial charge is 0.0714 e. The van der Waals surface area contributed by atoms with Crippen LogP contribution < -0.4 is 4.90 Å². The molecule has 11 aromatic rings. The summed E-state index contributed by atoms with van der Waals surface area (Å²) in [5.74, 6) is 0. The number of nitrogens with zero attached hydrogens (tertiary/aromatic N) is 1. The Morgan fingerprint density at radius 1 is 0.328 bits per heavy atom. The van der Waals surface area contributed by atoms with Gasteiger partial charge in [0.2, 0.25) is 0 Å². The number of anilines is 3. The van der Waals surface area contributed by atoms with Crippen LogP contribution in [0.1, 0.15) is 22.3 Å². The van der Waals surface area contributed by atoms with Crippen molar-refractivity contribution in [1.29, 1.82) is 0 Å². The number of thiophene rings is 1. The highest BCUT2D eigenvalue weighted by atomic mass is 32.1. The number of hydrogen-bond acceptors (Lipinski definition) is 2. The monoisotopic (exact) mass is 793 g/mol. The van der Waals surface area contributed by atoms with Crippen molar-refractivity contribution in [2.24, 2.45) is 0 Å². The molecule has 0 saturated carbocycles. The lowest BCUT2D eigenvalue weighted by atomic mass is 9.67. The molecular formula is C59H39NS. The summed E-state index contributed by atoms with van der Waals surface area (Å²) in [5.41, 5.74) is 15.2. The molecule has 10 aromatic carbocycles. The molecule has 0 atom stereocenters. The van der Waals surface area contributed by atoms with Crippen molar-refractivity contribution in [3.8, 4) is 33.4 Å². The van der Waals surface area contributed by atoms with Crippen molar-refractivity contribution in [3.05, 3.63) is 259 Å². The van der Waals surface area contributed by atoms with Crippen LogP contribution in [-0.2, 0) is 5.41 Å². The highest BCUT2D eigenvalue weighted by molar-refractivity contribution is 7.25. The van der Waals surface area contributed by atoms with Gasteiger partial charge >= 0.3 is 0 Å². The third kappa shape index (κ3) is 5.68. The number of rotatable bonds is 7. The van der Waals surface area contributed by atoms with Gasteiger partial charge in [-0.2, -0.15) is 0 Å². The highest BCUT2D eigenvalue weighted by Gasteiger charge is 2.46. The molecule has 12 rings (SSSR count). The normalized spacial score (nSPS) is 12.7. The van der Waals surface area contributed by atoms with Crippen molar-refractivity contribution >= 4 is 59.3 Å². The van der Waals surface area contributed by atoms with Gasteiger partial charge in [0.1, 0.15) is 0 Å². The molecule has 2 heteroatoms. The van der Waals surface area contributed by atoms with Crippen LogP contribution in [0, 0.1) is 0 Å². The Bertz CT molecular complexity index is 3400. The van der Waals surface area contributed by atoms with E-state index in [9.17, 15) is 0 Å². The second-order valence-electron chi connectivity index (χ2n) is 16.0. The quantitative estimate of drug-likeness (QED) is 0.155. The van der Waals surface area contributed by atoms with E-state index in [-0.39, 0.29) is 0 Å². The zero-order valence-corrected chi connectivity index (χ0v) is 34.2. The van der Waals surface area contributed by atoms with Crippen molar-refractivity contribution < 1.29 is 0 Å². The second-order valence-corrected chi connectivity index (χ2v) is 17.1. The van der Waals surface area contributed by atoms with E-state index in [0.29, 0.717) is 0 Å². The van der Waals surface area contributed by atoms with Crippen molar-refractivity contribution in [3.63, 3.8) is 0 Å². The number of hydrogen-bond donors (Lipinski definition) is 0. The Hall–Kier alpha value is -7.52. The molecule has 0 aliphatic heterocycles. The van der Waals surface area contributed by atoms with E-state index >= 15 is 0 Å². The van der Waals surface area contributed by atoms with Gasteiger partial charge in [0.05, 0.1) is 11.1 Å². The predicted molar refractivity (Wildman–Crippen MR) is 260 cm³/mol. The fourth-order valence-corrected chi connectivity index (χ4v) is 11.1. The summed E-state index contributed by atoms with van der Waals surface area (Å²) in [6.45, 7) is 0. The maximum atomic E-state index is 2.49. The van der Waals surface area contributed by atoms with Gasteiger partial charge in [0.15, 0.2) is 0 Å². The van der Waals surface area contributed by atoms with Gasteiger partial charge in [-0.25, -0.2) is 0 Å². The molecule has 0 N–H and O–H groups in total. The average Bonchev–Trinajstić information content (AvgIpc) is 3.85. The fraction of sp³-hybridized carbons (Fsp3) is 0.0169. The Balaban J connectivity index is 1.11. The molecule has 0 fully saturated rings. The van der Waals surface area contributed by atoms with Crippen molar-refractivity contribution in [2.75, 3.05) is 4.90 Å². The standard InChI is InChI=1S/C59H39NS/c1-3-19-45(20-4-1)59(46-21-5-2-6-22-46)54-27-12-9-25-50(54)51-34-33-48(39-55(51)59)60(47-23-15-18-42(37-47)43-31-30-40-16-7-8-17-41(40)36-43)56-28-13-10-24-49(56)44-32-35-58-53(38-44)52-26-11-14-29-57(52)61-58/h1-39H. The van der Waals surface area contributed by atoms with Crippen LogP contribution in [0.4, 0.5) is 17.1 Å². The summed E-state index contributed by atoms with van der Waals surface area (Å²) in [6, 6.07) is 87.5. The third-order valence-corrected chi connectivity index (χ3v) is 13.9. The van der Waals surface area contributed by atoms with Crippen LogP contribution in [0.3, 0.4) is 0 Å². The molecule has 0 spiro atoms. The lowest BCUT2D eigenvalue weighted by Gasteiger charge is -2.35. The van der Waals surface area contributed by atoms with E-state index in [0.717, 1.165) is 17.1 Å². The summed E-state index contributed by atoms with van der Waals surface area (Å²) < 4.78 is 2.62. The Morgan fingerprint density at radius 3 is 1.79 bits per heavy atom. The molecule has 1 aliphatic carbocycles. The molecule has 61 heavy (non-hydrogen) atoms. The summed E-state index contributed by atoms with van der Waals surface area (Å²) in [6.07, 6.45) is 0. The average molecular weight is 794 g/mol. The Labute approximate surface area is 360 Å². The van der Waals surface area contributed by atoms with Crippen LogP contribution in [0.15, 0.2) is 237 Å². The van der Waals surface area contributed by atoms with Gasteiger partial charge in [-0.05, 0) is 115 Å². The van der Waals surface area contributed by atoms with Crippen LogP contribution in [0.2, 0.25) is 0 Å². The summed E-state index contributed by atoms with van der Waals surface area (Å²) in [7, 11) is 0. The van der Waals surface area contributed by atoms with Gasteiger partial charge in [-0.3, -0.25) is 0 Å². The minimum atomic E-state index is -0.520. The van der Waals surface area contributed by atoms with E-state index in [1.807, 2.05) is 11.3 Å². The molecule has 0 radical (unpaired) electrons. The molecular weight excluding hydrogens is 755 g/mol. The van der Waals surface area contributed by atoms with E-state index in [2.05, 4.69) is 241 Å². The van der Waals surface area contributed by atoms with E-state index in [1.54, 1.807) is 0 Å². The van der Waals surface area contributed by atoms with Gasteiger partial charge in [0.25, 0.3) is 0 Å². The molecule has 0 amide bonds. The summed E-state index contributed by atoms with van der Waals surface area (Å²) >= 11 is 1.86. The van der Waals surface area contributed by atoms with Crippen LogP contribution >= 0.6 is 11.3 Å². The maximum Gasteiger partial charge on any atom is 0.0714 e. The SMILES string of the molecule is c1ccc(C2(c3ccccc3)c3ccccc3-c3ccc(N(c4cccc(-c5ccc6ccccc6c5)c4)c4ccccc4-c4ccc5sc6ccccc6c5c4)cc32)cc1. The molecule has 1 aromatic heterocycles. The van der Waals surface area contributed by atoms with E-state index in [4.69, 9.17) is 0 Å². The second kappa shape index (κ2) is 14.3. The lowest BCUT2D eigenvalue weighted by Crippen LogP contribution is -2.28. The fourth-order valence-electron chi connectivity index (χ4n) is 10.00. The van der Waals surface area contributed by atoms with Crippen LogP contribution in [0.25, 0.3) is 64.3 Å². The minimum absolute atomic E-state index is 0.520. The number of benzene rings is 10. The van der Waals surface area contributed by atoms with Crippen LogP contribution in [0.5, 0.6) is 0 Å². The highest BCUT2D eigenvalue weighted by Crippen LogP contribution is 2.57. The van der Waals surface area contributed by atoms with E-state index in [1.165, 1.54) is 86.6 Å². The van der Waals surface area contributed by atoms with Crippen LogP contribution in [-0.4, -0.2) is 0 Å². The summed E-state index contributed by atoms with van der Waals surface area (Å²) in [4.78, 5) is 2.49. The predicted octanol–water partition coefficient (Wildman–Crippen LogP) is 16.4. The van der Waals surface area contributed by atoms with Gasteiger partial charge in [0, 0.05) is 37.1 Å². The lowest BCUT2D eigenvalue weighted by molar-refractivity contribution is 0.768. The first-order valence-corrected chi connectivity index (χ1v) is 21.8.